The first kappa shape index (κ1) is 12.3. The quantitative estimate of drug-likeness (QED) is 0.485. The van der Waals surface area contributed by atoms with Crippen LogP contribution in [0.5, 0.6) is 0 Å². The molecule has 2 nitrogen and oxygen atoms in total. The van der Waals surface area contributed by atoms with E-state index in [1.165, 1.54) is 7.11 Å². The monoisotopic (exact) mass is 290 g/mol. The number of hydrogen-bond donors (Lipinski definition) is 0. The average molecular weight is 290 g/mol. The predicted octanol–water partition coefficient (Wildman–Crippen LogP) is 2.52. The maximum atomic E-state index is 11.4. The number of methoxy groups -OCH3 is 1. The predicted molar refractivity (Wildman–Crippen MR) is 62.8 cm³/mol. The van der Waals surface area contributed by atoms with Crippen molar-refractivity contribution < 1.29 is 9.53 Å². The van der Waals surface area contributed by atoms with Crippen LogP contribution in [0, 0.1) is 0 Å². The van der Waals surface area contributed by atoms with Crippen molar-refractivity contribution >= 4 is 37.6 Å². The first-order valence-electron chi connectivity index (χ1n) is 4.28. The molecule has 0 atom stereocenters. The van der Waals surface area contributed by atoms with Gasteiger partial charge in [0.2, 0.25) is 0 Å². The summed E-state index contributed by atoms with van der Waals surface area (Å²) in [5.74, 6) is 1.59. The Bertz CT molecular complexity index is 373. The van der Waals surface area contributed by atoms with Crippen LogP contribution in [-0.2, 0) is 9.53 Å². The molecule has 0 heterocycles. The normalized spacial score (nSPS) is 11.9. The number of esters is 1. The Morgan fingerprint density at radius 1 is 1.33 bits per heavy atom. The molecular formula is C11H11ClO2Se. The summed E-state index contributed by atoms with van der Waals surface area (Å²) in [5.41, 5.74) is 0.850. The van der Waals surface area contributed by atoms with Crippen LogP contribution in [0.1, 0.15) is 5.56 Å². The van der Waals surface area contributed by atoms with Crippen LogP contribution >= 0.6 is 11.6 Å². The number of ether oxygens (including phenoxy) is 1. The minimum absolute atomic E-state index is 0.0139. The molecule has 4 heteroatoms. The van der Waals surface area contributed by atoms with Crippen molar-refractivity contribution in [1.29, 1.82) is 0 Å². The molecule has 0 saturated heterocycles. The summed E-state index contributed by atoms with van der Waals surface area (Å²) in [6, 6.07) is 9.42. The van der Waals surface area contributed by atoms with Crippen LogP contribution < -0.4 is 0 Å². The first-order valence-corrected chi connectivity index (χ1v) is 7.23. The molecule has 0 aliphatic heterocycles. The molecular weight excluding hydrogens is 279 g/mol. The average Bonchev–Trinajstić information content (AvgIpc) is 2.30. The van der Waals surface area contributed by atoms with Gasteiger partial charge in [0.05, 0.1) is 0 Å². The second-order valence-electron chi connectivity index (χ2n) is 2.70. The van der Waals surface area contributed by atoms with Crippen molar-refractivity contribution in [2.24, 2.45) is 0 Å². The van der Waals surface area contributed by atoms with Gasteiger partial charge in [-0.2, -0.15) is 0 Å². The van der Waals surface area contributed by atoms with Crippen LogP contribution in [-0.4, -0.2) is 28.0 Å². The SMILES string of the molecule is COC(=O)/C([Se]C)=C(\Cl)c1ccccc1. The van der Waals surface area contributed by atoms with E-state index in [9.17, 15) is 4.79 Å². The van der Waals surface area contributed by atoms with Gasteiger partial charge in [0, 0.05) is 0 Å². The Hall–Kier alpha value is -0.761. The van der Waals surface area contributed by atoms with Crippen molar-refractivity contribution in [1.82, 2.24) is 0 Å². The summed E-state index contributed by atoms with van der Waals surface area (Å²) < 4.78 is 5.25. The van der Waals surface area contributed by atoms with Gasteiger partial charge < -0.3 is 0 Å². The van der Waals surface area contributed by atoms with Gasteiger partial charge in [-0.3, -0.25) is 0 Å². The molecule has 0 aromatic heterocycles. The van der Waals surface area contributed by atoms with Gasteiger partial charge in [0.15, 0.2) is 0 Å². The molecule has 0 radical (unpaired) electrons. The number of carbonyl (C=O) groups is 1. The molecule has 1 aromatic rings. The van der Waals surface area contributed by atoms with E-state index in [1.807, 2.05) is 36.2 Å². The van der Waals surface area contributed by atoms with Gasteiger partial charge >= 0.3 is 100 Å². The third-order valence-corrected chi connectivity index (χ3v) is 4.10. The van der Waals surface area contributed by atoms with E-state index in [-0.39, 0.29) is 20.9 Å². The number of rotatable bonds is 3. The molecule has 0 amide bonds. The zero-order valence-corrected chi connectivity index (χ0v) is 11.0. The van der Waals surface area contributed by atoms with E-state index in [0.717, 1.165) is 5.56 Å². The molecule has 80 valence electrons. The Kier molecular flexibility index (Phi) is 4.89. The van der Waals surface area contributed by atoms with E-state index in [4.69, 9.17) is 11.6 Å². The molecule has 0 unspecified atom stereocenters. The standard InChI is InChI=1S/C11H11ClO2Se/c1-14-11(13)10(15-2)9(12)8-6-4-3-5-7-8/h3-7H,1-2H3/b10-9+. The summed E-state index contributed by atoms with van der Waals surface area (Å²) in [4.78, 5) is 11.4. The fourth-order valence-corrected chi connectivity index (χ4v) is 2.82. The van der Waals surface area contributed by atoms with E-state index < -0.39 is 0 Å². The summed E-state index contributed by atoms with van der Waals surface area (Å²) in [5, 5.41) is 0.491. The molecule has 15 heavy (non-hydrogen) atoms. The molecule has 0 N–H and O–H groups in total. The van der Waals surface area contributed by atoms with E-state index in [1.54, 1.807) is 0 Å². The molecule has 0 aliphatic carbocycles. The summed E-state index contributed by atoms with van der Waals surface area (Å²) in [6.45, 7) is 0. The fourth-order valence-electron chi connectivity index (χ4n) is 1.07. The topological polar surface area (TPSA) is 26.3 Å². The number of benzene rings is 1. The van der Waals surface area contributed by atoms with Gasteiger partial charge in [-0.25, -0.2) is 0 Å². The van der Waals surface area contributed by atoms with Crippen LogP contribution in [0.25, 0.3) is 5.03 Å². The van der Waals surface area contributed by atoms with Gasteiger partial charge in [-0.15, -0.1) is 0 Å². The zero-order valence-electron chi connectivity index (χ0n) is 8.49. The van der Waals surface area contributed by atoms with E-state index >= 15 is 0 Å². The van der Waals surface area contributed by atoms with Gasteiger partial charge in [-0.05, 0) is 0 Å². The van der Waals surface area contributed by atoms with Crippen molar-refractivity contribution in [2.45, 2.75) is 5.82 Å². The Labute approximate surface area is 100 Å². The Morgan fingerprint density at radius 2 is 1.93 bits per heavy atom. The maximum absolute atomic E-state index is 11.4. The van der Waals surface area contributed by atoms with Crippen LogP contribution in [0.3, 0.4) is 0 Å². The van der Waals surface area contributed by atoms with E-state index in [2.05, 4.69) is 4.74 Å². The second-order valence-corrected chi connectivity index (χ2v) is 4.80. The van der Waals surface area contributed by atoms with E-state index in [0.29, 0.717) is 9.50 Å². The molecule has 0 aliphatic rings. The molecule has 0 spiro atoms. The third-order valence-electron chi connectivity index (χ3n) is 1.80. The van der Waals surface area contributed by atoms with Gasteiger partial charge in [-0.1, -0.05) is 0 Å². The zero-order chi connectivity index (χ0) is 11.3. The molecule has 1 rings (SSSR count). The molecule has 0 saturated carbocycles. The Morgan fingerprint density at radius 3 is 2.40 bits per heavy atom. The minimum atomic E-state index is -0.341. The van der Waals surface area contributed by atoms with Gasteiger partial charge in [0.25, 0.3) is 0 Å². The van der Waals surface area contributed by atoms with Crippen molar-refractivity contribution in [3.63, 3.8) is 0 Å². The van der Waals surface area contributed by atoms with Crippen molar-refractivity contribution in [3.05, 3.63) is 40.4 Å². The van der Waals surface area contributed by atoms with Crippen LogP contribution in [0.2, 0.25) is 5.82 Å². The molecule has 0 fully saturated rings. The van der Waals surface area contributed by atoms with Crippen LogP contribution in [0.15, 0.2) is 34.8 Å². The fraction of sp³-hybridized carbons (Fsp3) is 0.182. The Balaban J connectivity index is 3.12. The number of halogens is 1. The first-order chi connectivity index (χ1) is 7.20. The van der Waals surface area contributed by atoms with Crippen molar-refractivity contribution in [2.75, 3.05) is 7.11 Å². The molecule has 1 aromatic carbocycles. The van der Waals surface area contributed by atoms with Crippen molar-refractivity contribution in [3.8, 4) is 0 Å². The van der Waals surface area contributed by atoms with Gasteiger partial charge in [0.1, 0.15) is 0 Å². The molecule has 0 bridgehead atoms. The number of hydrogen-bond acceptors (Lipinski definition) is 2. The van der Waals surface area contributed by atoms with Crippen LogP contribution in [0.4, 0.5) is 0 Å². The summed E-state index contributed by atoms with van der Waals surface area (Å²) in [6.07, 6.45) is 0. The second kappa shape index (κ2) is 5.96. The third kappa shape index (κ3) is 3.10. The summed E-state index contributed by atoms with van der Waals surface area (Å²) in [7, 11) is 1.36. The summed E-state index contributed by atoms with van der Waals surface area (Å²) >= 11 is 6.15. The number of carbonyl (C=O) groups excluding carboxylic acids is 1.